The number of hydrogen-bond acceptors (Lipinski definition) is 0. The molecule has 3 fully saturated rings. The van der Waals surface area contributed by atoms with Gasteiger partial charge in [0.2, 0.25) is 0 Å². The molecule has 0 aromatic carbocycles. The average Bonchev–Trinajstić information content (AvgIpc) is 2.63. The first-order valence-electron chi connectivity index (χ1n) is 11.4. The molecule has 0 aliphatic carbocycles. The molecule has 3 heteroatoms. The number of unbranched alkanes of at least 4 members (excludes halogenated alkanes) is 10. The van der Waals surface area contributed by atoms with Gasteiger partial charge in [-0.2, -0.15) is 0 Å². The lowest BCUT2D eigenvalue weighted by molar-refractivity contribution is -1.08. The van der Waals surface area contributed by atoms with Crippen molar-refractivity contribution in [2.75, 3.05) is 52.4 Å². The van der Waals surface area contributed by atoms with E-state index in [1.807, 2.05) is 0 Å². The molecule has 0 aromatic rings. The Kier molecular flexibility index (Phi) is 11.9. The van der Waals surface area contributed by atoms with Crippen molar-refractivity contribution in [3.05, 3.63) is 0 Å². The van der Waals surface area contributed by atoms with Crippen LogP contribution in [0.3, 0.4) is 0 Å². The van der Waals surface area contributed by atoms with Crippen LogP contribution < -0.4 is 17.0 Å². The van der Waals surface area contributed by atoms with Crippen LogP contribution in [0.5, 0.6) is 0 Å². The molecule has 0 atom stereocenters. The molecule has 0 radical (unpaired) electrons. The number of fused-ring (bicyclic) bond motifs is 3. The van der Waals surface area contributed by atoms with Crippen LogP contribution >= 0.6 is 0 Å². The van der Waals surface area contributed by atoms with Gasteiger partial charge in [0.25, 0.3) is 0 Å². The Morgan fingerprint density at radius 3 is 1.04 bits per heavy atom. The molecule has 25 heavy (non-hydrogen) atoms. The molecule has 0 unspecified atom stereocenters. The first kappa shape index (κ1) is 23.4. The van der Waals surface area contributed by atoms with Gasteiger partial charge < -0.3 is 25.9 Å². The third-order valence-electron chi connectivity index (χ3n) is 7.12. The number of hydrogen-bond donors (Lipinski definition) is 0. The second kappa shape index (κ2) is 12.7. The summed E-state index contributed by atoms with van der Waals surface area (Å²) in [4.78, 5) is 0. The lowest BCUT2D eigenvalue weighted by Gasteiger charge is -2.55. The second-order valence-electron chi connectivity index (χ2n) is 9.01. The molecule has 3 rings (SSSR count). The van der Waals surface area contributed by atoms with E-state index >= 15 is 0 Å². The monoisotopic (exact) mass is 417 g/mol. The highest BCUT2D eigenvalue weighted by Crippen LogP contribution is 2.28. The molecule has 2 bridgehead atoms. The topological polar surface area (TPSA) is 0 Å². The van der Waals surface area contributed by atoms with E-state index in [1.165, 1.54) is 138 Å². The normalized spacial score (nSPS) is 28.1. The minimum absolute atomic E-state index is 0. The lowest BCUT2D eigenvalue weighted by atomic mass is 10.0. The Morgan fingerprint density at radius 2 is 0.720 bits per heavy atom. The highest BCUT2D eigenvalue weighted by Gasteiger charge is 2.47. The molecular weight excluding hydrogens is 372 g/mol. The van der Waals surface area contributed by atoms with Gasteiger partial charge in [-0.15, -0.1) is 0 Å². The van der Waals surface area contributed by atoms with E-state index in [0.29, 0.717) is 0 Å². The van der Waals surface area contributed by atoms with Crippen LogP contribution in [0, 0.1) is 0 Å². The number of quaternary nitrogens is 2. The zero-order valence-corrected chi connectivity index (χ0v) is 19.0. The van der Waals surface area contributed by atoms with Crippen LogP contribution in [0.2, 0.25) is 0 Å². The van der Waals surface area contributed by atoms with Crippen molar-refractivity contribution in [2.45, 2.75) is 90.9 Å². The number of halogens is 1. The SMILES string of the molecule is CCCCCCCC[N+]12CC[N+](CCCCCCCC)(CC1)CC2.[Br-]. The average molecular weight is 419 g/mol. The predicted molar refractivity (Wildman–Crippen MR) is 106 cm³/mol. The number of nitrogens with zero attached hydrogens (tertiary/aromatic N) is 2. The summed E-state index contributed by atoms with van der Waals surface area (Å²) in [6, 6.07) is 0. The molecule has 0 N–H and O–H groups in total. The van der Waals surface area contributed by atoms with Gasteiger partial charge in [0.1, 0.15) is 39.3 Å². The number of rotatable bonds is 14. The lowest BCUT2D eigenvalue weighted by Crippen LogP contribution is -3.00. The summed E-state index contributed by atoms with van der Waals surface area (Å²) in [5, 5.41) is 0. The molecule has 0 amide bonds. The van der Waals surface area contributed by atoms with Crippen LogP contribution in [-0.2, 0) is 0 Å². The molecular formula is C22H46BrN2+. The van der Waals surface area contributed by atoms with Crippen LogP contribution in [0.15, 0.2) is 0 Å². The molecule has 3 saturated heterocycles. The summed E-state index contributed by atoms with van der Waals surface area (Å²) in [7, 11) is 0. The van der Waals surface area contributed by atoms with Crippen molar-refractivity contribution in [2.24, 2.45) is 0 Å². The maximum atomic E-state index is 2.32. The Hall–Kier alpha value is 0.400. The summed E-state index contributed by atoms with van der Waals surface area (Å²) in [5.41, 5.74) is 0. The van der Waals surface area contributed by atoms with Gasteiger partial charge in [0.15, 0.2) is 0 Å². The fourth-order valence-corrected chi connectivity index (χ4v) is 5.07. The fourth-order valence-electron chi connectivity index (χ4n) is 5.07. The Bertz CT molecular complexity index is 275. The van der Waals surface area contributed by atoms with E-state index in [0.717, 1.165) is 0 Å². The summed E-state index contributed by atoms with van der Waals surface area (Å²) in [5.74, 6) is 0. The quantitative estimate of drug-likeness (QED) is 0.300. The Balaban J connectivity index is 0.00000312. The van der Waals surface area contributed by atoms with E-state index in [2.05, 4.69) is 13.8 Å². The minimum atomic E-state index is 0. The van der Waals surface area contributed by atoms with Crippen molar-refractivity contribution in [1.29, 1.82) is 0 Å². The first-order chi connectivity index (χ1) is 11.7. The van der Waals surface area contributed by atoms with Crippen LogP contribution in [-0.4, -0.2) is 61.3 Å². The van der Waals surface area contributed by atoms with E-state index in [4.69, 9.17) is 0 Å². The summed E-state index contributed by atoms with van der Waals surface area (Å²) in [6.07, 6.45) is 17.5. The molecule has 2 nitrogen and oxygen atoms in total. The second-order valence-corrected chi connectivity index (χ2v) is 9.01. The molecule has 3 aliphatic rings. The predicted octanol–water partition coefficient (Wildman–Crippen LogP) is 2.37. The molecule has 3 aliphatic heterocycles. The maximum Gasteiger partial charge on any atom is 0.129 e. The van der Waals surface area contributed by atoms with Gasteiger partial charge >= 0.3 is 0 Å². The van der Waals surface area contributed by atoms with Crippen molar-refractivity contribution in [3.8, 4) is 0 Å². The summed E-state index contributed by atoms with van der Waals surface area (Å²) in [6.45, 7) is 16.6. The zero-order chi connectivity index (χ0) is 17.1. The van der Waals surface area contributed by atoms with E-state index < -0.39 is 0 Å². The van der Waals surface area contributed by atoms with Gasteiger partial charge in [-0.25, -0.2) is 0 Å². The van der Waals surface area contributed by atoms with Crippen LogP contribution in [0.4, 0.5) is 0 Å². The van der Waals surface area contributed by atoms with Crippen molar-refractivity contribution in [1.82, 2.24) is 0 Å². The molecule has 0 saturated carbocycles. The maximum absolute atomic E-state index is 2.32. The highest BCUT2D eigenvalue weighted by atomic mass is 79.9. The van der Waals surface area contributed by atoms with Crippen LogP contribution in [0.25, 0.3) is 0 Å². The third-order valence-corrected chi connectivity index (χ3v) is 7.12. The summed E-state index contributed by atoms with van der Waals surface area (Å²) >= 11 is 0. The smallest absolute Gasteiger partial charge is 0.129 e. The largest absolute Gasteiger partial charge is 1.00 e. The third kappa shape index (κ3) is 7.89. The van der Waals surface area contributed by atoms with Gasteiger partial charge in [0, 0.05) is 0 Å². The van der Waals surface area contributed by atoms with Crippen molar-refractivity contribution in [3.63, 3.8) is 0 Å². The molecule has 0 aromatic heterocycles. The van der Waals surface area contributed by atoms with Gasteiger partial charge in [0.05, 0.1) is 13.1 Å². The summed E-state index contributed by atoms with van der Waals surface area (Å²) < 4.78 is 2.98. The van der Waals surface area contributed by atoms with E-state index in [1.54, 1.807) is 0 Å². The Labute approximate surface area is 169 Å². The highest BCUT2D eigenvalue weighted by molar-refractivity contribution is 4.63. The van der Waals surface area contributed by atoms with E-state index in [-0.39, 0.29) is 17.0 Å². The minimum Gasteiger partial charge on any atom is -1.00 e. The van der Waals surface area contributed by atoms with Crippen molar-refractivity contribution < 1.29 is 25.9 Å². The van der Waals surface area contributed by atoms with Gasteiger partial charge in [-0.3, -0.25) is 0 Å². The van der Waals surface area contributed by atoms with Gasteiger partial charge in [-0.1, -0.05) is 65.2 Å². The zero-order valence-electron chi connectivity index (χ0n) is 17.4. The Morgan fingerprint density at radius 1 is 0.440 bits per heavy atom. The first-order valence-corrected chi connectivity index (χ1v) is 11.4. The molecule has 0 spiro atoms. The van der Waals surface area contributed by atoms with Crippen molar-refractivity contribution >= 4 is 0 Å². The number of piperazine rings is 3. The molecule has 150 valence electrons. The fraction of sp³-hybridized carbons (Fsp3) is 1.00. The van der Waals surface area contributed by atoms with Crippen LogP contribution in [0.1, 0.15) is 90.9 Å². The molecule has 3 heterocycles. The van der Waals surface area contributed by atoms with E-state index in [9.17, 15) is 0 Å². The van der Waals surface area contributed by atoms with Gasteiger partial charge in [-0.05, 0) is 25.7 Å². The standard InChI is InChI=1S/C22H46N2.BrH/c1-3-5-7-9-11-13-15-23-17-20-24(21-18-23,22-19-23)16-14-12-10-8-6-4-2;/h3-22H2,1-2H3;1H/q+2;/p-1.